The molecule has 6 heteroatoms. The third-order valence-electron chi connectivity index (χ3n) is 1.65. The lowest BCUT2D eigenvalue weighted by molar-refractivity contribution is -0.148. The molecule has 1 saturated heterocycles. The van der Waals surface area contributed by atoms with Crippen molar-refractivity contribution in [2.75, 3.05) is 25.1 Å². The Labute approximate surface area is 80.0 Å². The average Bonchev–Trinajstić information content (AvgIpc) is 2.08. The Hall–Kier alpha value is -0.480. The zero-order valence-electron chi connectivity index (χ0n) is 6.30. The van der Waals surface area contributed by atoms with Crippen LogP contribution in [0, 0.1) is 0 Å². The minimum absolute atomic E-state index is 0.0368. The summed E-state index contributed by atoms with van der Waals surface area (Å²) in [5.41, 5.74) is 0. The maximum absolute atomic E-state index is 11.1. The molecule has 0 aromatic heterocycles. The van der Waals surface area contributed by atoms with Crippen LogP contribution in [-0.4, -0.2) is 46.7 Å². The Morgan fingerprint density at radius 3 is 1.58 bits per heavy atom. The van der Waals surface area contributed by atoms with Crippen LogP contribution in [0.1, 0.15) is 0 Å². The maximum Gasteiger partial charge on any atom is 0.243 e. The predicted octanol–water partition coefficient (Wildman–Crippen LogP) is 0.0498. The van der Waals surface area contributed by atoms with Gasteiger partial charge >= 0.3 is 0 Å². The lowest BCUT2D eigenvalue weighted by atomic mass is 10.3. The summed E-state index contributed by atoms with van der Waals surface area (Å²) < 4.78 is 0. The molecule has 0 spiro atoms. The number of alkyl halides is 2. The summed E-state index contributed by atoms with van der Waals surface area (Å²) >= 11 is 10.9. The van der Waals surface area contributed by atoms with Crippen molar-refractivity contribution in [1.82, 2.24) is 9.80 Å². The van der Waals surface area contributed by atoms with Crippen LogP contribution in [0.5, 0.6) is 0 Å². The van der Waals surface area contributed by atoms with Crippen LogP contribution in [-0.2, 0) is 9.59 Å². The van der Waals surface area contributed by atoms with Crippen molar-refractivity contribution in [3.05, 3.63) is 0 Å². The van der Waals surface area contributed by atoms with Gasteiger partial charge in [0.2, 0.25) is 11.8 Å². The van der Waals surface area contributed by atoms with Crippen molar-refractivity contribution in [3.63, 3.8) is 0 Å². The zero-order chi connectivity index (χ0) is 9.14. The quantitative estimate of drug-likeness (QED) is 0.478. The van der Waals surface area contributed by atoms with Crippen molar-refractivity contribution in [1.29, 1.82) is 0 Å². The van der Waals surface area contributed by atoms with Crippen molar-refractivity contribution in [3.8, 4) is 0 Å². The third kappa shape index (κ3) is 1.81. The highest BCUT2D eigenvalue weighted by atomic mass is 35.5. The molecule has 1 fully saturated rings. The van der Waals surface area contributed by atoms with Crippen molar-refractivity contribution in [2.24, 2.45) is 0 Å². The van der Waals surface area contributed by atoms with Gasteiger partial charge in [-0.05, 0) is 0 Å². The summed E-state index contributed by atoms with van der Waals surface area (Å²) in [6.45, 7) is 0.0735. The van der Waals surface area contributed by atoms with Crippen LogP contribution in [0.15, 0.2) is 0 Å². The Morgan fingerprint density at radius 2 is 1.33 bits per heavy atom. The average molecular weight is 211 g/mol. The van der Waals surface area contributed by atoms with Gasteiger partial charge in [0.25, 0.3) is 0 Å². The van der Waals surface area contributed by atoms with Gasteiger partial charge in [-0.15, -0.1) is 23.2 Å². The molecule has 1 aliphatic rings. The largest absolute Gasteiger partial charge is 0.318 e. The van der Waals surface area contributed by atoms with Gasteiger partial charge in [0.1, 0.15) is 13.1 Å². The van der Waals surface area contributed by atoms with E-state index >= 15 is 0 Å². The zero-order valence-corrected chi connectivity index (χ0v) is 7.81. The molecule has 4 nitrogen and oxygen atoms in total. The smallest absolute Gasteiger partial charge is 0.243 e. The van der Waals surface area contributed by atoms with Crippen molar-refractivity contribution >= 4 is 35.0 Å². The molecular formula is C6H8Cl2N2O2. The molecule has 1 aliphatic heterocycles. The Balaban J connectivity index is 2.61. The predicted molar refractivity (Wildman–Crippen MR) is 44.9 cm³/mol. The van der Waals surface area contributed by atoms with Crippen molar-refractivity contribution in [2.45, 2.75) is 0 Å². The van der Waals surface area contributed by atoms with Crippen LogP contribution < -0.4 is 0 Å². The number of halogens is 2. The van der Waals surface area contributed by atoms with Gasteiger partial charge in [0, 0.05) is 0 Å². The summed E-state index contributed by atoms with van der Waals surface area (Å²) in [4.78, 5) is 24.8. The summed E-state index contributed by atoms with van der Waals surface area (Å²) in [5.74, 6) is -0.324. The highest BCUT2D eigenvalue weighted by molar-refractivity contribution is 6.20. The summed E-state index contributed by atoms with van der Waals surface area (Å²) in [6, 6.07) is 0.112. The first-order valence-corrected chi connectivity index (χ1v) is 4.43. The third-order valence-corrected chi connectivity index (χ3v) is 2.22. The SMILES string of the molecule is O=C1CN(CCl)C(=O)CN1CCl. The molecule has 0 unspecified atom stereocenters. The number of piperazine rings is 1. The lowest BCUT2D eigenvalue weighted by Gasteiger charge is -2.31. The number of hydrogen-bond acceptors (Lipinski definition) is 2. The molecule has 0 saturated carbocycles. The molecule has 1 rings (SSSR count). The fraction of sp³-hybridized carbons (Fsp3) is 0.667. The fourth-order valence-corrected chi connectivity index (χ4v) is 1.36. The van der Waals surface area contributed by atoms with Gasteiger partial charge in [0.05, 0.1) is 12.0 Å². The number of nitrogens with zero attached hydrogens (tertiary/aromatic N) is 2. The van der Waals surface area contributed by atoms with E-state index in [9.17, 15) is 9.59 Å². The number of hydrogen-bond donors (Lipinski definition) is 0. The number of amides is 2. The number of rotatable bonds is 2. The first-order chi connectivity index (χ1) is 5.69. The van der Waals surface area contributed by atoms with E-state index in [1.54, 1.807) is 0 Å². The summed E-state index contributed by atoms with van der Waals surface area (Å²) in [5, 5.41) is 0. The van der Waals surface area contributed by atoms with E-state index in [0.717, 1.165) is 0 Å². The molecule has 2 amide bonds. The second-order valence-electron chi connectivity index (χ2n) is 2.42. The normalized spacial score (nSPS) is 18.8. The molecule has 1 heterocycles. The van der Waals surface area contributed by atoms with E-state index < -0.39 is 0 Å². The van der Waals surface area contributed by atoms with Gasteiger partial charge in [-0.2, -0.15) is 0 Å². The Bertz CT molecular complexity index is 188. The van der Waals surface area contributed by atoms with E-state index in [0.29, 0.717) is 0 Å². The molecule has 0 aliphatic carbocycles. The van der Waals surface area contributed by atoms with E-state index in [2.05, 4.69) is 0 Å². The van der Waals surface area contributed by atoms with Gasteiger partial charge < -0.3 is 9.80 Å². The molecule has 12 heavy (non-hydrogen) atoms. The molecule has 0 N–H and O–H groups in total. The molecule has 0 bridgehead atoms. The second-order valence-corrected chi connectivity index (χ2v) is 2.90. The number of carbonyl (C=O) groups is 2. The van der Waals surface area contributed by atoms with E-state index in [1.165, 1.54) is 9.80 Å². The summed E-state index contributed by atoms with van der Waals surface area (Å²) in [7, 11) is 0. The second kappa shape index (κ2) is 3.96. The Kier molecular flexibility index (Phi) is 3.17. The van der Waals surface area contributed by atoms with Gasteiger partial charge in [-0.3, -0.25) is 9.59 Å². The van der Waals surface area contributed by atoms with Gasteiger partial charge in [-0.25, -0.2) is 0 Å². The fourth-order valence-electron chi connectivity index (χ4n) is 0.921. The standard InChI is InChI=1S/C6H8Cl2N2O2/c7-3-9-1-5(11)10(4-8)2-6(9)12/h1-4H2. The van der Waals surface area contributed by atoms with E-state index in [-0.39, 0.29) is 36.9 Å². The van der Waals surface area contributed by atoms with Gasteiger partial charge in [-0.1, -0.05) is 0 Å². The molecule has 0 atom stereocenters. The monoisotopic (exact) mass is 210 g/mol. The van der Waals surface area contributed by atoms with Crippen LogP contribution in [0.4, 0.5) is 0 Å². The molecule has 0 radical (unpaired) electrons. The van der Waals surface area contributed by atoms with E-state index in [4.69, 9.17) is 23.2 Å². The van der Waals surface area contributed by atoms with Crippen LogP contribution in [0.3, 0.4) is 0 Å². The minimum atomic E-state index is -0.162. The molecular weight excluding hydrogens is 203 g/mol. The molecule has 0 aromatic rings. The topological polar surface area (TPSA) is 40.6 Å². The van der Waals surface area contributed by atoms with Crippen LogP contribution in [0.25, 0.3) is 0 Å². The highest BCUT2D eigenvalue weighted by Gasteiger charge is 2.28. The minimum Gasteiger partial charge on any atom is -0.318 e. The Morgan fingerprint density at radius 1 is 1.00 bits per heavy atom. The molecule has 0 aromatic carbocycles. The van der Waals surface area contributed by atoms with Gasteiger partial charge in [0.15, 0.2) is 0 Å². The van der Waals surface area contributed by atoms with Crippen LogP contribution in [0.2, 0.25) is 0 Å². The summed E-state index contributed by atoms with van der Waals surface area (Å²) in [6.07, 6.45) is 0. The van der Waals surface area contributed by atoms with Crippen molar-refractivity contribution < 1.29 is 9.59 Å². The lowest BCUT2D eigenvalue weighted by Crippen LogP contribution is -2.52. The van der Waals surface area contributed by atoms with E-state index in [1.807, 2.05) is 0 Å². The maximum atomic E-state index is 11.1. The number of carbonyl (C=O) groups excluding carboxylic acids is 2. The van der Waals surface area contributed by atoms with Crippen LogP contribution >= 0.6 is 23.2 Å². The first kappa shape index (κ1) is 9.61. The first-order valence-electron chi connectivity index (χ1n) is 3.36. The highest BCUT2D eigenvalue weighted by Crippen LogP contribution is 2.05. The molecule has 68 valence electrons.